The SMILES string of the molecule is CCN(c1ccccc1F)S(=O)(=O)CCNC. The first kappa shape index (κ1) is 13.9. The summed E-state index contributed by atoms with van der Waals surface area (Å²) in [5.41, 5.74) is 0.103. The third kappa shape index (κ3) is 3.41. The van der Waals surface area contributed by atoms with Gasteiger partial charge in [-0.2, -0.15) is 0 Å². The molecule has 0 bridgehead atoms. The van der Waals surface area contributed by atoms with E-state index in [0.29, 0.717) is 6.54 Å². The van der Waals surface area contributed by atoms with Crippen LogP contribution in [-0.4, -0.2) is 34.3 Å². The molecule has 0 atom stereocenters. The molecule has 0 amide bonds. The predicted molar refractivity (Wildman–Crippen MR) is 67.1 cm³/mol. The summed E-state index contributed by atoms with van der Waals surface area (Å²) in [6, 6.07) is 5.88. The van der Waals surface area contributed by atoms with Gasteiger partial charge in [-0.05, 0) is 26.1 Å². The third-order valence-electron chi connectivity index (χ3n) is 2.35. The molecule has 6 heteroatoms. The molecule has 17 heavy (non-hydrogen) atoms. The van der Waals surface area contributed by atoms with Crippen molar-refractivity contribution in [1.82, 2.24) is 5.32 Å². The van der Waals surface area contributed by atoms with Crippen LogP contribution in [0.5, 0.6) is 0 Å². The van der Waals surface area contributed by atoms with E-state index in [4.69, 9.17) is 0 Å². The Hall–Kier alpha value is -1.14. The van der Waals surface area contributed by atoms with Gasteiger partial charge < -0.3 is 5.32 Å². The lowest BCUT2D eigenvalue weighted by Crippen LogP contribution is -2.36. The molecule has 0 heterocycles. The standard InChI is InChI=1S/C11H17FN2O2S/c1-3-14(17(15,16)9-8-13-2)11-7-5-4-6-10(11)12/h4-7,13H,3,8-9H2,1-2H3. The number of anilines is 1. The van der Waals surface area contributed by atoms with Crippen LogP contribution in [0.2, 0.25) is 0 Å². The monoisotopic (exact) mass is 260 g/mol. The Morgan fingerprint density at radius 3 is 2.53 bits per heavy atom. The molecule has 0 fully saturated rings. The molecule has 0 unspecified atom stereocenters. The summed E-state index contributed by atoms with van der Waals surface area (Å²) < 4.78 is 38.6. The summed E-state index contributed by atoms with van der Waals surface area (Å²) in [5, 5.41) is 2.77. The number of para-hydroxylation sites is 1. The topological polar surface area (TPSA) is 49.4 Å². The highest BCUT2D eigenvalue weighted by Gasteiger charge is 2.22. The van der Waals surface area contributed by atoms with Gasteiger partial charge in [-0.1, -0.05) is 12.1 Å². The van der Waals surface area contributed by atoms with Gasteiger partial charge in [0.2, 0.25) is 10.0 Å². The fraction of sp³-hybridized carbons (Fsp3) is 0.455. The molecule has 1 aromatic carbocycles. The van der Waals surface area contributed by atoms with E-state index >= 15 is 0 Å². The largest absolute Gasteiger partial charge is 0.319 e. The van der Waals surface area contributed by atoms with Crippen molar-refractivity contribution in [3.8, 4) is 0 Å². The third-order valence-corrected chi connectivity index (χ3v) is 4.20. The number of hydrogen-bond donors (Lipinski definition) is 1. The molecule has 0 aliphatic carbocycles. The molecule has 0 aliphatic heterocycles. The molecule has 4 nitrogen and oxygen atoms in total. The molecule has 0 saturated carbocycles. The van der Waals surface area contributed by atoms with Crippen LogP contribution in [0.3, 0.4) is 0 Å². The van der Waals surface area contributed by atoms with Crippen molar-refractivity contribution >= 4 is 15.7 Å². The summed E-state index contributed by atoms with van der Waals surface area (Å²) in [4.78, 5) is 0. The molecule has 96 valence electrons. The zero-order valence-corrected chi connectivity index (χ0v) is 10.8. The number of nitrogens with zero attached hydrogens (tertiary/aromatic N) is 1. The quantitative estimate of drug-likeness (QED) is 0.836. The van der Waals surface area contributed by atoms with Gasteiger partial charge in [0.25, 0.3) is 0 Å². The average Bonchev–Trinajstić information content (AvgIpc) is 2.30. The van der Waals surface area contributed by atoms with Crippen molar-refractivity contribution in [1.29, 1.82) is 0 Å². The second-order valence-electron chi connectivity index (χ2n) is 3.54. The summed E-state index contributed by atoms with van der Waals surface area (Å²) in [7, 11) is -1.80. The Bertz CT molecular complexity index is 462. The lowest BCUT2D eigenvalue weighted by atomic mass is 10.3. The van der Waals surface area contributed by atoms with E-state index < -0.39 is 15.8 Å². The Morgan fingerprint density at radius 1 is 1.35 bits per heavy atom. The van der Waals surface area contributed by atoms with Crippen molar-refractivity contribution in [2.75, 3.05) is 30.2 Å². The zero-order chi connectivity index (χ0) is 12.9. The van der Waals surface area contributed by atoms with Crippen molar-refractivity contribution in [2.45, 2.75) is 6.92 Å². The van der Waals surface area contributed by atoms with Crippen molar-refractivity contribution in [2.24, 2.45) is 0 Å². The number of rotatable bonds is 6. The van der Waals surface area contributed by atoms with Crippen LogP contribution in [0.4, 0.5) is 10.1 Å². The van der Waals surface area contributed by atoms with Gasteiger partial charge in [-0.25, -0.2) is 12.8 Å². The molecular weight excluding hydrogens is 243 g/mol. The molecule has 0 spiro atoms. The van der Waals surface area contributed by atoms with Gasteiger partial charge >= 0.3 is 0 Å². The predicted octanol–water partition coefficient (Wildman–Crippen LogP) is 1.20. The number of benzene rings is 1. The smallest absolute Gasteiger partial charge is 0.236 e. The molecular formula is C11H17FN2O2S. The Balaban J connectivity index is 3.04. The van der Waals surface area contributed by atoms with E-state index in [1.807, 2.05) is 0 Å². The first-order chi connectivity index (χ1) is 8.03. The van der Waals surface area contributed by atoms with Gasteiger partial charge in [0.05, 0.1) is 11.4 Å². The first-order valence-corrected chi connectivity index (χ1v) is 7.03. The van der Waals surface area contributed by atoms with E-state index in [2.05, 4.69) is 5.32 Å². The lowest BCUT2D eigenvalue weighted by molar-refractivity contribution is 0.584. The first-order valence-electron chi connectivity index (χ1n) is 5.42. The zero-order valence-electron chi connectivity index (χ0n) is 9.98. The fourth-order valence-electron chi connectivity index (χ4n) is 1.51. The van der Waals surface area contributed by atoms with E-state index in [9.17, 15) is 12.8 Å². The fourth-order valence-corrected chi connectivity index (χ4v) is 3.04. The van der Waals surface area contributed by atoms with Crippen LogP contribution in [0.1, 0.15) is 6.92 Å². The van der Waals surface area contributed by atoms with Crippen LogP contribution < -0.4 is 9.62 Å². The minimum atomic E-state index is -3.48. The molecule has 0 aromatic heterocycles. The molecule has 1 N–H and O–H groups in total. The highest BCUT2D eigenvalue weighted by atomic mass is 32.2. The second-order valence-corrected chi connectivity index (χ2v) is 5.55. The van der Waals surface area contributed by atoms with E-state index in [1.165, 1.54) is 18.2 Å². The van der Waals surface area contributed by atoms with E-state index in [-0.39, 0.29) is 18.0 Å². The second kappa shape index (κ2) is 5.97. The number of hydrogen-bond acceptors (Lipinski definition) is 3. The van der Waals surface area contributed by atoms with Crippen LogP contribution in [0, 0.1) is 5.82 Å². The maximum atomic E-state index is 13.6. The van der Waals surface area contributed by atoms with Crippen molar-refractivity contribution < 1.29 is 12.8 Å². The van der Waals surface area contributed by atoms with Crippen molar-refractivity contribution in [3.63, 3.8) is 0 Å². The summed E-state index contributed by atoms with van der Waals surface area (Å²) in [5.74, 6) is -0.575. The summed E-state index contributed by atoms with van der Waals surface area (Å²) in [6.07, 6.45) is 0. The Morgan fingerprint density at radius 2 is 2.00 bits per heavy atom. The highest BCUT2D eigenvalue weighted by Crippen LogP contribution is 2.21. The molecule has 0 saturated heterocycles. The highest BCUT2D eigenvalue weighted by molar-refractivity contribution is 7.92. The van der Waals surface area contributed by atoms with Crippen LogP contribution in [-0.2, 0) is 10.0 Å². The lowest BCUT2D eigenvalue weighted by Gasteiger charge is -2.23. The van der Waals surface area contributed by atoms with Gasteiger partial charge in [0, 0.05) is 13.1 Å². The number of halogens is 1. The van der Waals surface area contributed by atoms with Gasteiger partial charge in [0.1, 0.15) is 5.82 Å². The minimum absolute atomic E-state index is 0.0499. The normalized spacial score (nSPS) is 11.5. The maximum absolute atomic E-state index is 13.6. The van der Waals surface area contributed by atoms with E-state index in [0.717, 1.165) is 4.31 Å². The molecule has 0 radical (unpaired) electrons. The Labute approximate surface area is 101 Å². The van der Waals surface area contributed by atoms with Crippen LogP contribution >= 0.6 is 0 Å². The molecule has 1 aromatic rings. The van der Waals surface area contributed by atoms with Gasteiger partial charge in [-0.3, -0.25) is 4.31 Å². The minimum Gasteiger partial charge on any atom is -0.319 e. The summed E-state index contributed by atoms with van der Waals surface area (Å²) in [6.45, 7) is 2.24. The average molecular weight is 260 g/mol. The van der Waals surface area contributed by atoms with E-state index in [1.54, 1.807) is 20.0 Å². The van der Waals surface area contributed by atoms with Crippen molar-refractivity contribution in [3.05, 3.63) is 30.1 Å². The molecule has 1 rings (SSSR count). The summed E-state index contributed by atoms with van der Waals surface area (Å²) >= 11 is 0. The maximum Gasteiger partial charge on any atom is 0.236 e. The van der Waals surface area contributed by atoms with Crippen LogP contribution in [0.25, 0.3) is 0 Å². The van der Waals surface area contributed by atoms with Crippen LogP contribution in [0.15, 0.2) is 24.3 Å². The van der Waals surface area contributed by atoms with Gasteiger partial charge in [0.15, 0.2) is 0 Å². The number of sulfonamides is 1. The molecule has 0 aliphatic rings. The Kier molecular flexibility index (Phi) is 4.89. The van der Waals surface area contributed by atoms with Gasteiger partial charge in [-0.15, -0.1) is 0 Å². The number of nitrogens with one attached hydrogen (secondary N) is 1.